The fraction of sp³-hybridized carbons (Fsp3) is 0.400. The Labute approximate surface area is 124 Å². The third kappa shape index (κ3) is 3.39. The minimum atomic E-state index is -0.582. The number of carbonyl (C=O) groups is 1. The summed E-state index contributed by atoms with van der Waals surface area (Å²) < 4.78 is 0. The topological polar surface area (TPSA) is 87.9 Å². The minimum absolute atomic E-state index is 0.168. The lowest BCUT2D eigenvalue weighted by Crippen LogP contribution is -2.24. The normalized spacial score (nSPS) is 10.6. The van der Waals surface area contributed by atoms with E-state index < -0.39 is 5.91 Å². The fourth-order valence-corrected chi connectivity index (χ4v) is 2.34. The molecule has 0 saturated carbocycles. The predicted octanol–water partition coefficient (Wildman–Crippen LogP) is 2.20. The van der Waals surface area contributed by atoms with E-state index in [2.05, 4.69) is 34.2 Å². The summed E-state index contributed by atoms with van der Waals surface area (Å²) in [5.74, 6) is -0.582. The van der Waals surface area contributed by atoms with Crippen molar-refractivity contribution in [2.75, 3.05) is 18.0 Å². The number of benzene rings is 1. The summed E-state index contributed by atoms with van der Waals surface area (Å²) in [6.07, 6.45) is 2.22. The molecular formula is C15H21N5O. The van der Waals surface area contributed by atoms with Crippen LogP contribution in [0.15, 0.2) is 24.3 Å². The zero-order valence-corrected chi connectivity index (χ0v) is 12.5. The molecule has 1 amide bonds. The molecule has 21 heavy (non-hydrogen) atoms. The van der Waals surface area contributed by atoms with Gasteiger partial charge in [-0.3, -0.25) is 4.79 Å². The first-order valence-corrected chi connectivity index (χ1v) is 7.23. The minimum Gasteiger partial charge on any atom is -0.372 e. The number of anilines is 1. The van der Waals surface area contributed by atoms with Crippen LogP contribution in [0, 0.1) is 0 Å². The first-order chi connectivity index (χ1) is 10.2. The Morgan fingerprint density at radius 1 is 1.14 bits per heavy atom. The van der Waals surface area contributed by atoms with Crippen LogP contribution >= 0.6 is 0 Å². The molecule has 0 aliphatic heterocycles. The van der Waals surface area contributed by atoms with Gasteiger partial charge in [-0.1, -0.05) is 26.0 Å². The molecule has 0 radical (unpaired) electrons. The Hall–Kier alpha value is -2.37. The van der Waals surface area contributed by atoms with Gasteiger partial charge in [0.1, 0.15) is 5.69 Å². The number of rotatable bonds is 7. The third-order valence-electron chi connectivity index (χ3n) is 3.27. The molecule has 1 heterocycles. The smallest absolute Gasteiger partial charge is 0.271 e. The molecule has 0 bridgehead atoms. The van der Waals surface area contributed by atoms with Gasteiger partial charge >= 0.3 is 0 Å². The van der Waals surface area contributed by atoms with Crippen LogP contribution in [-0.2, 0) is 0 Å². The van der Waals surface area contributed by atoms with Crippen molar-refractivity contribution in [3.63, 3.8) is 0 Å². The molecular weight excluding hydrogens is 266 g/mol. The van der Waals surface area contributed by atoms with Crippen molar-refractivity contribution in [2.24, 2.45) is 5.73 Å². The lowest BCUT2D eigenvalue weighted by Gasteiger charge is -2.23. The van der Waals surface area contributed by atoms with Gasteiger partial charge in [0.25, 0.3) is 5.91 Å². The lowest BCUT2D eigenvalue weighted by atomic mass is 10.1. The fourth-order valence-electron chi connectivity index (χ4n) is 2.34. The highest BCUT2D eigenvalue weighted by molar-refractivity contribution is 5.96. The van der Waals surface area contributed by atoms with E-state index in [1.165, 1.54) is 5.69 Å². The number of nitrogens with two attached hydrogens (primary N) is 1. The maximum Gasteiger partial charge on any atom is 0.271 e. The van der Waals surface area contributed by atoms with Gasteiger partial charge in [0, 0.05) is 24.3 Å². The van der Waals surface area contributed by atoms with E-state index >= 15 is 0 Å². The standard InChI is InChI=1S/C15H21N5O/c1-3-9-20(10-4-2)12-7-5-11(6-8-12)13-14(15(16)21)18-19-17-13/h5-8H,3-4,9-10H2,1-2H3,(H2,16,21)(H,17,18,19). The van der Waals surface area contributed by atoms with Crippen molar-refractivity contribution in [3.8, 4) is 11.3 Å². The second kappa shape index (κ2) is 6.88. The second-order valence-electron chi connectivity index (χ2n) is 4.92. The van der Waals surface area contributed by atoms with Crippen LogP contribution in [0.3, 0.4) is 0 Å². The second-order valence-corrected chi connectivity index (χ2v) is 4.92. The summed E-state index contributed by atoms with van der Waals surface area (Å²) in [5, 5.41) is 10.2. The van der Waals surface area contributed by atoms with Crippen LogP contribution in [-0.4, -0.2) is 34.4 Å². The largest absolute Gasteiger partial charge is 0.372 e. The number of H-pyrrole nitrogens is 1. The average Bonchev–Trinajstić information content (AvgIpc) is 2.97. The van der Waals surface area contributed by atoms with E-state index in [0.717, 1.165) is 31.5 Å². The van der Waals surface area contributed by atoms with Crippen LogP contribution < -0.4 is 10.6 Å². The van der Waals surface area contributed by atoms with Crippen molar-refractivity contribution in [1.82, 2.24) is 15.4 Å². The number of nitrogens with one attached hydrogen (secondary N) is 1. The van der Waals surface area contributed by atoms with Crippen LogP contribution in [0.4, 0.5) is 5.69 Å². The molecule has 2 aromatic rings. The summed E-state index contributed by atoms with van der Waals surface area (Å²) in [7, 11) is 0. The lowest BCUT2D eigenvalue weighted by molar-refractivity contribution is 0.0996. The van der Waals surface area contributed by atoms with Gasteiger partial charge in [-0.05, 0) is 25.0 Å². The van der Waals surface area contributed by atoms with Gasteiger partial charge in [-0.25, -0.2) is 0 Å². The number of carbonyl (C=O) groups excluding carboxylic acids is 1. The first kappa shape index (κ1) is 15.0. The Bertz CT molecular complexity index is 584. The van der Waals surface area contributed by atoms with Gasteiger partial charge in [-0.15, -0.1) is 0 Å². The first-order valence-electron chi connectivity index (χ1n) is 7.23. The van der Waals surface area contributed by atoms with Crippen LogP contribution in [0.2, 0.25) is 0 Å². The number of aromatic nitrogens is 3. The van der Waals surface area contributed by atoms with E-state index in [4.69, 9.17) is 5.73 Å². The van der Waals surface area contributed by atoms with Gasteiger partial charge in [-0.2, -0.15) is 15.4 Å². The van der Waals surface area contributed by atoms with E-state index in [-0.39, 0.29) is 5.69 Å². The van der Waals surface area contributed by atoms with Gasteiger partial charge in [0.2, 0.25) is 0 Å². The van der Waals surface area contributed by atoms with Crippen molar-refractivity contribution in [2.45, 2.75) is 26.7 Å². The Kier molecular flexibility index (Phi) is 4.92. The van der Waals surface area contributed by atoms with Crippen LogP contribution in [0.5, 0.6) is 0 Å². The molecule has 0 aliphatic carbocycles. The van der Waals surface area contributed by atoms with Gasteiger partial charge in [0.15, 0.2) is 5.69 Å². The van der Waals surface area contributed by atoms with Crippen molar-refractivity contribution in [1.29, 1.82) is 0 Å². The highest BCUT2D eigenvalue weighted by atomic mass is 16.1. The van der Waals surface area contributed by atoms with Crippen molar-refractivity contribution < 1.29 is 4.79 Å². The molecule has 0 fully saturated rings. The molecule has 0 spiro atoms. The third-order valence-corrected chi connectivity index (χ3v) is 3.27. The number of nitrogens with zero attached hydrogens (tertiary/aromatic N) is 3. The van der Waals surface area contributed by atoms with E-state index in [1.807, 2.05) is 24.3 Å². The monoisotopic (exact) mass is 287 g/mol. The maximum absolute atomic E-state index is 11.3. The van der Waals surface area contributed by atoms with Crippen LogP contribution in [0.25, 0.3) is 11.3 Å². The number of aromatic amines is 1. The molecule has 0 atom stereocenters. The Morgan fingerprint density at radius 2 is 1.76 bits per heavy atom. The van der Waals surface area contributed by atoms with Gasteiger partial charge in [0.05, 0.1) is 0 Å². The average molecular weight is 287 g/mol. The Morgan fingerprint density at radius 3 is 2.29 bits per heavy atom. The quantitative estimate of drug-likeness (QED) is 0.817. The molecule has 112 valence electrons. The summed E-state index contributed by atoms with van der Waals surface area (Å²) in [6.45, 7) is 6.41. The molecule has 0 saturated heterocycles. The van der Waals surface area contributed by atoms with Crippen molar-refractivity contribution >= 4 is 11.6 Å². The molecule has 3 N–H and O–H groups in total. The Balaban J connectivity index is 2.25. The van der Waals surface area contributed by atoms with Gasteiger partial charge < -0.3 is 10.6 Å². The number of primary amides is 1. The van der Waals surface area contributed by atoms with Crippen molar-refractivity contribution in [3.05, 3.63) is 30.0 Å². The predicted molar refractivity (Wildman–Crippen MR) is 83.1 cm³/mol. The summed E-state index contributed by atoms with van der Waals surface area (Å²) in [5.41, 5.74) is 7.95. The molecule has 1 aromatic heterocycles. The summed E-state index contributed by atoms with van der Waals surface area (Å²) >= 11 is 0. The SMILES string of the molecule is CCCN(CCC)c1ccc(-c2n[nH]nc2C(N)=O)cc1. The number of amides is 1. The van der Waals surface area contributed by atoms with E-state index in [1.54, 1.807) is 0 Å². The van der Waals surface area contributed by atoms with Crippen LogP contribution in [0.1, 0.15) is 37.2 Å². The number of hydrogen-bond acceptors (Lipinski definition) is 4. The molecule has 6 heteroatoms. The van der Waals surface area contributed by atoms with E-state index in [0.29, 0.717) is 5.69 Å². The highest BCUT2D eigenvalue weighted by Gasteiger charge is 2.15. The molecule has 0 aliphatic rings. The number of hydrogen-bond donors (Lipinski definition) is 2. The maximum atomic E-state index is 11.3. The zero-order chi connectivity index (χ0) is 15.2. The molecule has 6 nitrogen and oxygen atoms in total. The van der Waals surface area contributed by atoms with E-state index in [9.17, 15) is 4.79 Å². The molecule has 0 unspecified atom stereocenters. The molecule has 2 rings (SSSR count). The zero-order valence-electron chi connectivity index (χ0n) is 12.5. The summed E-state index contributed by atoms with van der Waals surface area (Å²) in [4.78, 5) is 13.6. The molecule has 1 aromatic carbocycles. The highest BCUT2D eigenvalue weighted by Crippen LogP contribution is 2.23. The summed E-state index contributed by atoms with van der Waals surface area (Å²) in [6, 6.07) is 7.97.